The van der Waals surface area contributed by atoms with Crippen molar-refractivity contribution in [2.75, 3.05) is 20.3 Å². The Morgan fingerprint density at radius 2 is 1.95 bits per heavy atom. The zero-order chi connectivity index (χ0) is 31.0. The molecule has 12 heteroatoms. The van der Waals surface area contributed by atoms with Gasteiger partial charge in [0, 0.05) is 42.9 Å². The molecule has 0 saturated carbocycles. The van der Waals surface area contributed by atoms with E-state index in [1.807, 2.05) is 13.8 Å². The van der Waals surface area contributed by atoms with E-state index >= 15 is 0 Å². The summed E-state index contributed by atoms with van der Waals surface area (Å²) in [5, 5.41) is 16.3. The Morgan fingerprint density at radius 1 is 1.21 bits per heavy atom. The molecule has 232 valence electrons. The number of phenolic OH excluding ortho intramolecular Hbond substituents is 1. The van der Waals surface area contributed by atoms with Gasteiger partial charge in [-0.1, -0.05) is 20.3 Å². The first-order valence-corrected chi connectivity index (χ1v) is 14.4. The van der Waals surface area contributed by atoms with Crippen LogP contribution in [0.1, 0.15) is 65.9 Å². The van der Waals surface area contributed by atoms with Crippen molar-refractivity contribution in [2.24, 2.45) is 5.92 Å². The molecule has 4 N–H and O–H groups in total. The fraction of sp³-hybridized carbons (Fsp3) is 0.600. The van der Waals surface area contributed by atoms with E-state index in [4.69, 9.17) is 14.2 Å². The number of rotatable bonds is 11. The summed E-state index contributed by atoms with van der Waals surface area (Å²) in [6, 6.07) is 2.93. The van der Waals surface area contributed by atoms with Crippen molar-refractivity contribution in [3.8, 4) is 5.75 Å². The van der Waals surface area contributed by atoms with E-state index in [0.29, 0.717) is 36.9 Å². The molecule has 3 rings (SSSR count). The topological polar surface area (TPSA) is 159 Å². The number of amides is 3. The van der Waals surface area contributed by atoms with Crippen LogP contribution in [0.2, 0.25) is 0 Å². The molecular weight excluding hydrogens is 544 g/mol. The number of aromatic nitrogens is 1. The van der Waals surface area contributed by atoms with Gasteiger partial charge in [-0.05, 0) is 56.9 Å². The summed E-state index contributed by atoms with van der Waals surface area (Å²) in [6.45, 7) is 9.98. The van der Waals surface area contributed by atoms with Crippen molar-refractivity contribution in [1.82, 2.24) is 20.5 Å². The predicted molar refractivity (Wildman–Crippen MR) is 156 cm³/mol. The summed E-state index contributed by atoms with van der Waals surface area (Å²) in [7, 11) is 1.26. The second-order valence-corrected chi connectivity index (χ2v) is 11.7. The van der Waals surface area contributed by atoms with Gasteiger partial charge in [-0.2, -0.15) is 0 Å². The number of phenols is 1. The molecule has 1 saturated heterocycles. The number of nitrogens with zero attached hydrogens (tertiary/aromatic N) is 1. The van der Waals surface area contributed by atoms with Crippen molar-refractivity contribution >= 4 is 34.8 Å². The van der Waals surface area contributed by atoms with Gasteiger partial charge in [-0.25, -0.2) is 9.59 Å². The number of hydrogen-bond donors (Lipinski definition) is 4. The lowest BCUT2D eigenvalue weighted by Crippen LogP contribution is -2.54. The highest BCUT2D eigenvalue weighted by Gasteiger charge is 2.33. The summed E-state index contributed by atoms with van der Waals surface area (Å²) in [6.07, 6.45) is 2.13. The highest BCUT2D eigenvalue weighted by Crippen LogP contribution is 2.24. The Bertz CT molecular complexity index is 1250. The molecule has 3 amide bonds. The number of H-pyrrole nitrogens is 1. The van der Waals surface area contributed by atoms with Crippen LogP contribution in [-0.4, -0.2) is 83.0 Å². The summed E-state index contributed by atoms with van der Waals surface area (Å²) in [5.41, 5.74) is 0.788. The molecule has 4 atom stereocenters. The summed E-state index contributed by atoms with van der Waals surface area (Å²) >= 11 is 0. The highest BCUT2D eigenvalue weighted by atomic mass is 16.6. The number of carbonyl (C=O) groups is 4. The minimum atomic E-state index is -1.04. The molecule has 1 aliphatic rings. The number of nitrogens with one attached hydrogen (secondary N) is 3. The van der Waals surface area contributed by atoms with Crippen molar-refractivity contribution < 1.29 is 38.5 Å². The largest absolute Gasteiger partial charge is 0.508 e. The van der Waals surface area contributed by atoms with Crippen molar-refractivity contribution in [3.05, 3.63) is 30.0 Å². The number of fused-ring (bicyclic) bond motifs is 1. The van der Waals surface area contributed by atoms with E-state index in [2.05, 4.69) is 15.6 Å². The SMILES string of the molecule is CC[C@H](C)[C@H](NC(=O)[C@H](Cc1c[nH]c2ccc(O)cc12)NC(=O)CCC1OCCCN1C(=O)OC(C)(C)C)C(=O)OC. The third-order valence-electron chi connectivity index (χ3n) is 7.24. The third kappa shape index (κ3) is 8.85. The molecular formula is C30H44N4O8. The maximum absolute atomic E-state index is 13.6. The number of esters is 1. The number of carbonyl (C=O) groups excluding carboxylic acids is 4. The number of aromatic hydroxyl groups is 1. The smallest absolute Gasteiger partial charge is 0.412 e. The van der Waals surface area contributed by atoms with Crippen LogP contribution in [0, 0.1) is 5.92 Å². The lowest BCUT2D eigenvalue weighted by Gasteiger charge is -2.36. The van der Waals surface area contributed by atoms with Gasteiger partial charge in [0.1, 0.15) is 29.7 Å². The van der Waals surface area contributed by atoms with Gasteiger partial charge in [0.05, 0.1) is 13.7 Å². The molecule has 2 heterocycles. The van der Waals surface area contributed by atoms with Crippen molar-refractivity contribution in [3.63, 3.8) is 0 Å². The molecule has 42 heavy (non-hydrogen) atoms. The van der Waals surface area contributed by atoms with Crippen LogP contribution in [0.3, 0.4) is 0 Å². The first-order chi connectivity index (χ1) is 19.8. The predicted octanol–water partition coefficient (Wildman–Crippen LogP) is 3.37. The Kier molecular flexibility index (Phi) is 11.2. The molecule has 12 nitrogen and oxygen atoms in total. The maximum atomic E-state index is 13.6. The molecule has 0 bridgehead atoms. The molecule has 0 radical (unpaired) electrons. The van der Waals surface area contributed by atoms with Gasteiger partial charge in [-0.3, -0.25) is 14.5 Å². The van der Waals surface area contributed by atoms with Gasteiger partial charge in [0.15, 0.2) is 0 Å². The second kappa shape index (κ2) is 14.4. The molecule has 0 aliphatic carbocycles. The zero-order valence-corrected chi connectivity index (χ0v) is 25.3. The monoisotopic (exact) mass is 588 g/mol. The molecule has 1 fully saturated rings. The number of methoxy groups -OCH3 is 1. The lowest BCUT2D eigenvalue weighted by molar-refractivity contribution is -0.147. The zero-order valence-electron chi connectivity index (χ0n) is 25.3. The summed E-state index contributed by atoms with van der Waals surface area (Å²) < 4.78 is 16.2. The number of aromatic amines is 1. The molecule has 1 unspecified atom stereocenters. The summed E-state index contributed by atoms with van der Waals surface area (Å²) in [5.74, 6) is -1.67. The standard InChI is InChI=1S/C30H44N4O8/c1-7-18(2)26(28(38)40-6)33-27(37)23(15-19-17-31-22-10-9-20(35)16-21(19)22)32-24(36)11-12-25-34(13-8-14-41-25)29(39)42-30(3,4)5/h9-10,16-18,23,25-26,31,35H,7-8,11-15H2,1-6H3,(H,32,36)(H,33,37)/t18-,23-,25?,26-/m0/s1. The Hall–Kier alpha value is -3.80. The minimum Gasteiger partial charge on any atom is -0.508 e. The second-order valence-electron chi connectivity index (χ2n) is 11.7. The van der Waals surface area contributed by atoms with Crippen LogP contribution in [-0.2, 0) is 35.0 Å². The van der Waals surface area contributed by atoms with E-state index in [0.717, 1.165) is 5.52 Å². The molecule has 1 aromatic carbocycles. The summed E-state index contributed by atoms with van der Waals surface area (Å²) in [4.78, 5) is 56.5. The van der Waals surface area contributed by atoms with E-state index in [9.17, 15) is 24.3 Å². The number of benzene rings is 1. The fourth-order valence-corrected chi connectivity index (χ4v) is 4.79. The van der Waals surface area contributed by atoms with Crippen LogP contribution in [0.15, 0.2) is 24.4 Å². The van der Waals surface area contributed by atoms with E-state index < -0.39 is 47.8 Å². The van der Waals surface area contributed by atoms with Crippen molar-refractivity contribution in [2.45, 2.75) is 90.6 Å². The van der Waals surface area contributed by atoms with Crippen LogP contribution >= 0.6 is 0 Å². The van der Waals surface area contributed by atoms with Crippen LogP contribution < -0.4 is 10.6 Å². The van der Waals surface area contributed by atoms with E-state index in [1.165, 1.54) is 12.0 Å². The van der Waals surface area contributed by atoms with Crippen molar-refractivity contribution in [1.29, 1.82) is 0 Å². The van der Waals surface area contributed by atoms with Crippen LogP contribution in [0.25, 0.3) is 10.9 Å². The fourth-order valence-electron chi connectivity index (χ4n) is 4.79. The highest BCUT2D eigenvalue weighted by molar-refractivity contribution is 5.92. The van der Waals surface area contributed by atoms with Crippen LogP contribution in [0.5, 0.6) is 5.75 Å². The molecule has 0 spiro atoms. The Balaban J connectivity index is 1.76. The number of ether oxygens (including phenoxy) is 3. The Labute approximate surface area is 246 Å². The third-order valence-corrected chi connectivity index (χ3v) is 7.24. The quantitative estimate of drug-likeness (QED) is 0.291. The Morgan fingerprint density at radius 3 is 2.62 bits per heavy atom. The van der Waals surface area contributed by atoms with E-state index in [-0.39, 0.29) is 30.9 Å². The lowest BCUT2D eigenvalue weighted by atomic mass is 9.98. The first-order valence-electron chi connectivity index (χ1n) is 14.4. The molecule has 1 aliphatic heterocycles. The molecule has 2 aromatic rings. The molecule has 1 aromatic heterocycles. The normalized spacial score (nSPS) is 17.7. The number of hydrogen-bond acceptors (Lipinski definition) is 8. The van der Waals surface area contributed by atoms with Gasteiger partial charge in [0.2, 0.25) is 11.8 Å². The van der Waals surface area contributed by atoms with Gasteiger partial charge in [-0.15, -0.1) is 0 Å². The average Bonchev–Trinajstić information content (AvgIpc) is 3.34. The maximum Gasteiger partial charge on any atom is 0.412 e. The van der Waals surface area contributed by atoms with Gasteiger partial charge < -0.3 is 34.9 Å². The van der Waals surface area contributed by atoms with Gasteiger partial charge in [0.25, 0.3) is 0 Å². The first kappa shape index (κ1) is 32.7. The minimum absolute atomic E-state index is 0.0196. The van der Waals surface area contributed by atoms with Crippen LogP contribution in [0.4, 0.5) is 4.79 Å². The van der Waals surface area contributed by atoms with E-state index in [1.54, 1.807) is 45.2 Å². The van der Waals surface area contributed by atoms with Gasteiger partial charge >= 0.3 is 12.1 Å². The average molecular weight is 589 g/mol.